The summed E-state index contributed by atoms with van der Waals surface area (Å²) in [5.41, 5.74) is 13.6. The minimum absolute atomic E-state index is 0.314. The van der Waals surface area contributed by atoms with Gasteiger partial charge in [0.2, 0.25) is 0 Å². The predicted octanol–water partition coefficient (Wildman–Crippen LogP) is 12.2. The predicted molar refractivity (Wildman–Crippen MR) is 239 cm³/mol. The normalized spacial score (nSPS) is 14.8. The Labute approximate surface area is 331 Å². The number of benzene rings is 8. The molecular weight excluding hydrogens is 695 g/mol. The third-order valence-corrected chi connectivity index (χ3v) is 11.2. The van der Waals surface area contributed by atoms with E-state index in [9.17, 15) is 0 Å². The number of rotatable bonds is 6. The molecule has 5 heteroatoms. The summed E-state index contributed by atoms with van der Waals surface area (Å²) in [6.45, 7) is 0.787. The highest BCUT2D eigenvalue weighted by Crippen LogP contribution is 2.43. The van der Waals surface area contributed by atoms with Crippen LogP contribution in [-0.2, 0) is 0 Å². The van der Waals surface area contributed by atoms with E-state index in [1.807, 2.05) is 36.4 Å². The van der Waals surface area contributed by atoms with Gasteiger partial charge in [0.1, 0.15) is 12.0 Å². The number of anilines is 1. The second-order valence-corrected chi connectivity index (χ2v) is 14.7. The molecule has 0 spiro atoms. The summed E-state index contributed by atoms with van der Waals surface area (Å²) >= 11 is 0. The van der Waals surface area contributed by atoms with Crippen LogP contribution < -0.4 is 10.6 Å². The van der Waals surface area contributed by atoms with Crippen molar-refractivity contribution in [1.82, 2.24) is 9.88 Å². The number of hydrogen-bond donors (Lipinski definition) is 2. The molecule has 1 aromatic heterocycles. The highest BCUT2D eigenvalue weighted by molar-refractivity contribution is 6.22. The number of fused-ring (bicyclic) bond motifs is 6. The van der Waals surface area contributed by atoms with Crippen LogP contribution in [0.4, 0.5) is 5.69 Å². The summed E-state index contributed by atoms with van der Waals surface area (Å²) in [7, 11) is 0. The monoisotopic (exact) mass is 731 g/mol. The molecule has 2 aliphatic heterocycles. The van der Waals surface area contributed by atoms with Crippen molar-refractivity contribution in [3.63, 3.8) is 0 Å². The van der Waals surface area contributed by atoms with Crippen molar-refractivity contribution >= 4 is 56.0 Å². The lowest BCUT2D eigenvalue weighted by Crippen LogP contribution is -2.33. The van der Waals surface area contributed by atoms with Crippen LogP contribution in [0.3, 0.4) is 0 Å². The van der Waals surface area contributed by atoms with E-state index in [1.165, 1.54) is 49.3 Å². The Morgan fingerprint density at radius 2 is 1.28 bits per heavy atom. The van der Waals surface area contributed by atoms with Crippen LogP contribution in [0.15, 0.2) is 198 Å². The van der Waals surface area contributed by atoms with E-state index in [2.05, 4.69) is 173 Å². The van der Waals surface area contributed by atoms with E-state index in [-0.39, 0.29) is 6.17 Å². The molecule has 1 unspecified atom stereocenters. The van der Waals surface area contributed by atoms with Crippen LogP contribution in [0.2, 0.25) is 0 Å². The Kier molecular flexibility index (Phi) is 7.88. The van der Waals surface area contributed by atoms with E-state index in [4.69, 9.17) is 9.98 Å². The molecule has 9 aromatic rings. The number of nitrogens with one attached hydrogen (secondary N) is 2. The van der Waals surface area contributed by atoms with Crippen molar-refractivity contribution in [3.05, 3.63) is 210 Å². The maximum atomic E-state index is 5.16. The average molecular weight is 732 g/mol. The SMILES string of the molecule is C1=Cc2cc(-c3cccc(C4N=C(c5ccccc5)N=C(c5ccccc5)N4)c3)cc(-c3ccc4c(c3)c3c5ccccc5ccc3n4-c3ccccc3)c2NC1. The fourth-order valence-corrected chi connectivity index (χ4v) is 8.52. The van der Waals surface area contributed by atoms with Gasteiger partial charge in [-0.1, -0.05) is 146 Å². The molecule has 0 amide bonds. The Morgan fingerprint density at radius 3 is 2.12 bits per heavy atom. The van der Waals surface area contributed by atoms with Gasteiger partial charge in [0, 0.05) is 45.4 Å². The second-order valence-electron chi connectivity index (χ2n) is 14.7. The standard InChI is InChI=1S/C52H37N5/c1-4-15-35(16-5-1)50-54-51(36-17-6-2-7-18-36)56-52(55-50)40-20-12-19-37(30-40)41-31-39-21-13-29-53-49(39)44(33-41)38-26-27-46-45(32-38)48-43-24-11-10-14-34(43)25-28-47(48)57(46)42-22-8-3-9-23-42/h1-28,30-33,52-53H,29H2,(H,54,55,56). The number of nitrogens with zero attached hydrogens (tertiary/aromatic N) is 3. The van der Waals surface area contributed by atoms with Crippen LogP contribution in [-0.4, -0.2) is 22.8 Å². The molecule has 1 atom stereocenters. The van der Waals surface area contributed by atoms with Gasteiger partial charge in [-0.15, -0.1) is 0 Å². The Hall–Kier alpha value is -7.50. The number of aliphatic imine (C=N–C) groups is 2. The van der Waals surface area contributed by atoms with Gasteiger partial charge in [-0.3, -0.25) is 0 Å². The molecule has 2 aliphatic rings. The van der Waals surface area contributed by atoms with Gasteiger partial charge in [0.05, 0.1) is 11.0 Å². The van der Waals surface area contributed by atoms with Gasteiger partial charge in [-0.05, 0) is 87.1 Å². The molecule has 0 bridgehead atoms. The molecule has 8 aromatic carbocycles. The van der Waals surface area contributed by atoms with E-state index < -0.39 is 0 Å². The zero-order valence-corrected chi connectivity index (χ0v) is 31.1. The molecule has 3 heterocycles. The van der Waals surface area contributed by atoms with Crippen molar-refractivity contribution < 1.29 is 0 Å². The maximum Gasteiger partial charge on any atom is 0.159 e. The molecule has 0 aliphatic carbocycles. The van der Waals surface area contributed by atoms with Gasteiger partial charge in [-0.2, -0.15) is 0 Å². The van der Waals surface area contributed by atoms with E-state index in [0.717, 1.165) is 51.6 Å². The Bertz CT molecular complexity index is 3090. The molecule has 0 saturated heterocycles. The third-order valence-electron chi connectivity index (χ3n) is 11.2. The second kappa shape index (κ2) is 13.7. The van der Waals surface area contributed by atoms with Crippen molar-refractivity contribution in [3.8, 4) is 27.9 Å². The first-order valence-corrected chi connectivity index (χ1v) is 19.5. The van der Waals surface area contributed by atoms with Crippen LogP contribution in [0.1, 0.15) is 28.4 Å². The largest absolute Gasteiger partial charge is 0.381 e. The number of hydrogen-bond acceptors (Lipinski definition) is 4. The van der Waals surface area contributed by atoms with Gasteiger partial charge in [0.25, 0.3) is 0 Å². The van der Waals surface area contributed by atoms with Gasteiger partial charge in [0.15, 0.2) is 5.84 Å². The maximum absolute atomic E-state index is 5.16. The quantitative estimate of drug-likeness (QED) is 0.179. The lowest BCUT2D eigenvalue weighted by molar-refractivity contribution is 0.674. The number of amidine groups is 2. The van der Waals surface area contributed by atoms with Crippen molar-refractivity contribution in [1.29, 1.82) is 0 Å². The first-order valence-electron chi connectivity index (χ1n) is 19.5. The summed E-state index contributed by atoms with van der Waals surface area (Å²) < 4.78 is 2.40. The van der Waals surface area contributed by atoms with Crippen molar-refractivity contribution in [2.45, 2.75) is 6.17 Å². The summed E-state index contributed by atoms with van der Waals surface area (Å²) in [5.74, 6) is 1.52. The zero-order valence-electron chi connectivity index (χ0n) is 31.1. The van der Waals surface area contributed by atoms with Gasteiger partial charge in [-0.25, -0.2) is 9.98 Å². The molecule has 0 saturated carbocycles. The van der Waals surface area contributed by atoms with Crippen LogP contribution in [0, 0.1) is 0 Å². The average Bonchev–Trinajstić information content (AvgIpc) is 3.63. The molecule has 270 valence electrons. The Balaban J connectivity index is 1.05. The van der Waals surface area contributed by atoms with Crippen LogP contribution >= 0.6 is 0 Å². The fraction of sp³-hybridized carbons (Fsp3) is 0.0385. The number of para-hydroxylation sites is 1. The van der Waals surface area contributed by atoms with Crippen LogP contribution in [0.5, 0.6) is 0 Å². The van der Waals surface area contributed by atoms with Crippen LogP contribution in [0.25, 0.3) is 66.6 Å². The highest BCUT2D eigenvalue weighted by atomic mass is 15.2. The summed E-state index contributed by atoms with van der Waals surface area (Å²) in [6.07, 6.45) is 4.13. The lowest BCUT2D eigenvalue weighted by Gasteiger charge is -2.24. The lowest BCUT2D eigenvalue weighted by atomic mass is 9.91. The first-order chi connectivity index (χ1) is 28.2. The third kappa shape index (κ3) is 5.80. The van der Waals surface area contributed by atoms with E-state index in [1.54, 1.807) is 0 Å². The van der Waals surface area contributed by atoms with Gasteiger partial charge >= 0.3 is 0 Å². The van der Waals surface area contributed by atoms with Gasteiger partial charge < -0.3 is 15.2 Å². The topological polar surface area (TPSA) is 53.7 Å². The summed E-state index contributed by atoms with van der Waals surface area (Å²) in [6, 6.07) is 64.9. The van der Waals surface area contributed by atoms with E-state index in [0.29, 0.717) is 5.84 Å². The smallest absolute Gasteiger partial charge is 0.159 e. The molecular formula is C52H37N5. The summed E-state index contributed by atoms with van der Waals surface area (Å²) in [4.78, 5) is 10.1. The molecule has 57 heavy (non-hydrogen) atoms. The molecule has 0 radical (unpaired) electrons. The molecule has 0 fully saturated rings. The van der Waals surface area contributed by atoms with Crippen molar-refractivity contribution in [2.24, 2.45) is 9.98 Å². The highest BCUT2D eigenvalue weighted by Gasteiger charge is 2.23. The fourth-order valence-electron chi connectivity index (χ4n) is 8.52. The zero-order chi connectivity index (χ0) is 37.7. The summed E-state index contributed by atoms with van der Waals surface area (Å²) in [5, 5.41) is 12.4. The molecule has 5 nitrogen and oxygen atoms in total. The Morgan fingerprint density at radius 1 is 0.544 bits per heavy atom. The first kappa shape index (κ1) is 32.9. The van der Waals surface area contributed by atoms with E-state index >= 15 is 0 Å². The van der Waals surface area contributed by atoms with Crippen molar-refractivity contribution in [2.75, 3.05) is 11.9 Å². The molecule has 11 rings (SSSR count). The minimum atomic E-state index is -0.314. The number of aromatic nitrogens is 1. The molecule has 2 N–H and O–H groups in total. The minimum Gasteiger partial charge on any atom is -0.381 e.